The maximum absolute atomic E-state index is 14.1. The van der Waals surface area contributed by atoms with Crippen molar-refractivity contribution in [3.05, 3.63) is 94.0 Å². The summed E-state index contributed by atoms with van der Waals surface area (Å²) in [6.07, 6.45) is 2.15. The average molecular weight is 618 g/mol. The summed E-state index contributed by atoms with van der Waals surface area (Å²) in [5, 5.41) is 9.83. The van der Waals surface area contributed by atoms with Crippen LogP contribution >= 0.6 is 38.6 Å². The van der Waals surface area contributed by atoms with Gasteiger partial charge < -0.3 is 19.1 Å². The highest BCUT2D eigenvalue weighted by Crippen LogP contribution is 2.30. The number of nitrogens with zero attached hydrogens (tertiary/aromatic N) is 3. The predicted molar refractivity (Wildman–Crippen MR) is 167 cm³/mol. The lowest BCUT2D eigenvalue weighted by Crippen LogP contribution is -2.32. The van der Waals surface area contributed by atoms with Crippen LogP contribution in [0, 0.1) is 5.82 Å². The number of imidazole rings is 1. The molecule has 4 aromatic rings. The molecule has 0 saturated carbocycles. The molecule has 2 aliphatic rings. The highest BCUT2D eigenvalue weighted by atomic mass is 35.5. The summed E-state index contributed by atoms with van der Waals surface area (Å²) in [5.41, 5.74) is 4.11. The van der Waals surface area contributed by atoms with Gasteiger partial charge in [-0.2, -0.15) is 27.0 Å². The molecular weight excluding hydrogens is 585 g/mol. The molecule has 1 aromatic heterocycles. The van der Waals surface area contributed by atoms with Crippen LogP contribution in [0.4, 0.5) is 4.39 Å². The molecule has 2 atom stereocenters. The van der Waals surface area contributed by atoms with E-state index < -0.39 is 11.8 Å². The number of hydrogen-bond acceptors (Lipinski definition) is 5. The van der Waals surface area contributed by atoms with Crippen molar-refractivity contribution in [2.45, 2.75) is 44.6 Å². The van der Waals surface area contributed by atoms with E-state index in [1.807, 2.05) is 12.1 Å². The fourth-order valence-electron chi connectivity index (χ4n) is 5.40. The van der Waals surface area contributed by atoms with Crippen molar-refractivity contribution in [2.75, 3.05) is 19.7 Å². The average Bonchev–Trinajstić information content (AvgIpc) is 3.50. The van der Waals surface area contributed by atoms with Crippen LogP contribution < -0.4 is 4.74 Å². The Hall–Kier alpha value is -2.76. The normalized spacial score (nSPS) is 18.4. The Morgan fingerprint density at radius 3 is 2.68 bits per heavy atom. The number of carbonyl (C=O) groups is 1. The fourth-order valence-corrected chi connectivity index (χ4v) is 5.56. The number of rotatable bonds is 9. The lowest BCUT2D eigenvalue weighted by Gasteiger charge is -2.28. The van der Waals surface area contributed by atoms with Crippen LogP contribution in [-0.2, 0) is 24.4 Å². The lowest BCUT2D eigenvalue weighted by molar-refractivity contribution is -0.0591. The highest BCUT2D eigenvalue weighted by Gasteiger charge is 2.27. The fraction of sp³-hybridized carbons (Fsp3) is 0.333. The number of fused-ring (bicyclic) bond motifs is 1. The number of ether oxygens (including phenoxy) is 2. The second-order valence-corrected chi connectivity index (χ2v) is 10.7. The molecular formula is C30H33ClFN3O4S2. The molecule has 0 unspecified atom stereocenters. The third-order valence-electron chi connectivity index (χ3n) is 7.60. The van der Waals surface area contributed by atoms with Gasteiger partial charge in [-0.15, -0.1) is 0 Å². The molecule has 6 rings (SSSR count). The minimum absolute atomic E-state index is 0. The van der Waals surface area contributed by atoms with E-state index in [0.717, 1.165) is 55.0 Å². The standard InChI is InChI=1S/C30H29ClFN3O4.2H2S/c31-23-5-7-28(25(32)14-23)39-18-19-2-1-3-20(12-19)22-8-10-34(15-22)17-29-33-26-6-4-21(30(36)37)13-27(26)35(29)16-24-9-11-38-24;;/h1-7,12-14,22,24H,8-11,15-18H2,(H,36,37);2*1H2/t22-,24+;;/m1../s1. The van der Waals surface area contributed by atoms with Gasteiger partial charge in [0.05, 0.1) is 35.8 Å². The van der Waals surface area contributed by atoms with E-state index in [9.17, 15) is 14.3 Å². The van der Waals surface area contributed by atoms with Gasteiger partial charge >= 0.3 is 5.97 Å². The number of aromatic carboxylic acids is 1. The van der Waals surface area contributed by atoms with Crippen molar-refractivity contribution >= 4 is 55.6 Å². The molecule has 2 saturated heterocycles. The quantitative estimate of drug-likeness (QED) is 0.244. The molecule has 3 heterocycles. The third kappa shape index (κ3) is 7.01. The number of hydrogen-bond donors (Lipinski definition) is 1. The summed E-state index contributed by atoms with van der Waals surface area (Å²) < 4.78 is 27.6. The van der Waals surface area contributed by atoms with Gasteiger partial charge in [0, 0.05) is 18.2 Å². The van der Waals surface area contributed by atoms with Gasteiger partial charge in [-0.3, -0.25) is 4.90 Å². The first-order valence-corrected chi connectivity index (χ1v) is 13.5. The SMILES string of the molecule is O=C(O)c1ccc2nc(CN3CC[C@@H](c4cccc(COc5ccc(Cl)cc5F)c4)C3)n(C[C@@H]3CCO3)c2c1.S.S. The van der Waals surface area contributed by atoms with Crippen LogP contribution in [-0.4, -0.2) is 51.3 Å². The summed E-state index contributed by atoms with van der Waals surface area (Å²) in [4.78, 5) is 18.9. The van der Waals surface area contributed by atoms with E-state index in [1.54, 1.807) is 30.3 Å². The predicted octanol–water partition coefficient (Wildman–Crippen LogP) is 6.11. The van der Waals surface area contributed by atoms with E-state index in [2.05, 4.69) is 21.6 Å². The van der Waals surface area contributed by atoms with Crippen LogP contribution in [0.1, 0.15) is 46.1 Å². The first kappa shape index (κ1) is 31.2. The monoisotopic (exact) mass is 617 g/mol. The molecule has 0 amide bonds. The van der Waals surface area contributed by atoms with E-state index in [-0.39, 0.29) is 51.0 Å². The molecule has 11 heteroatoms. The molecule has 0 bridgehead atoms. The minimum Gasteiger partial charge on any atom is -0.486 e. The van der Waals surface area contributed by atoms with Crippen molar-refractivity contribution < 1.29 is 23.8 Å². The first-order chi connectivity index (χ1) is 18.9. The number of aromatic nitrogens is 2. The summed E-state index contributed by atoms with van der Waals surface area (Å²) in [6, 6.07) is 17.8. The zero-order chi connectivity index (χ0) is 26.9. The summed E-state index contributed by atoms with van der Waals surface area (Å²) >= 11 is 5.84. The smallest absolute Gasteiger partial charge is 0.335 e. The maximum atomic E-state index is 14.1. The summed E-state index contributed by atoms with van der Waals surface area (Å²) in [6.45, 7) is 4.21. The molecule has 2 fully saturated rings. The number of likely N-dealkylation sites (tertiary alicyclic amines) is 1. The second kappa shape index (κ2) is 13.5. The van der Waals surface area contributed by atoms with Crippen LogP contribution in [0.3, 0.4) is 0 Å². The van der Waals surface area contributed by atoms with Crippen molar-refractivity contribution in [2.24, 2.45) is 0 Å². The maximum Gasteiger partial charge on any atom is 0.335 e. The topological polar surface area (TPSA) is 76.8 Å². The Bertz CT molecular complexity index is 1530. The van der Waals surface area contributed by atoms with Crippen molar-refractivity contribution in [1.29, 1.82) is 0 Å². The lowest BCUT2D eigenvalue weighted by atomic mass is 9.97. The van der Waals surface area contributed by atoms with Crippen LogP contribution in [0.2, 0.25) is 5.02 Å². The van der Waals surface area contributed by atoms with Gasteiger partial charge in [-0.1, -0.05) is 35.9 Å². The molecule has 0 spiro atoms. The summed E-state index contributed by atoms with van der Waals surface area (Å²) in [7, 11) is 0. The third-order valence-corrected chi connectivity index (χ3v) is 7.84. The first-order valence-electron chi connectivity index (χ1n) is 13.2. The molecule has 0 aliphatic carbocycles. The Kier molecular flexibility index (Phi) is 10.3. The van der Waals surface area contributed by atoms with Gasteiger partial charge in [-0.05, 0) is 72.8 Å². The molecule has 218 valence electrons. The molecule has 1 N–H and O–H groups in total. The molecule has 41 heavy (non-hydrogen) atoms. The summed E-state index contributed by atoms with van der Waals surface area (Å²) in [5.74, 6) is 0.0561. The Labute approximate surface area is 257 Å². The van der Waals surface area contributed by atoms with Gasteiger partial charge in [0.1, 0.15) is 12.4 Å². The van der Waals surface area contributed by atoms with Gasteiger partial charge in [0.25, 0.3) is 0 Å². The Balaban J connectivity index is 0.00000194. The molecule has 2 aliphatic heterocycles. The van der Waals surface area contributed by atoms with Crippen LogP contribution in [0.5, 0.6) is 5.75 Å². The van der Waals surface area contributed by atoms with Crippen molar-refractivity contribution in [1.82, 2.24) is 14.5 Å². The Morgan fingerprint density at radius 1 is 1.12 bits per heavy atom. The molecule has 3 aromatic carbocycles. The minimum atomic E-state index is -0.945. The second-order valence-electron chi connectivity index (χ2n) is 10.3. The van der Waals surface area contributed by atoms with E-state index >= 15 is 0 Å². The number of carboxylic acids is 1. The van der Waals surface area contributed by atoms with Gasteiger partial charge in [0.15, 0.2) is 11.6 Å². The number of carboxylic acid groups (broad SMARTS) is 1. The van der Waals surface area contributed by atoms with E-state index in [1.165, 1.54) is 11.6 Å². The largest absolute Gasteiger partial charge is 0.486 e. The zero-order valence-electron chi connectivity index (χ0n) is 22.4. The highest BCUT2D eigenvalue weighted by molar-refractivity contribution is 7.59. The van der Waals surface area contributed by atoms with Gasteiger partial charge in [0.2, 0.25) is 0 Å². The van der Waals surface area contributed by atoms with Crippen LogP contribution in [0.25, 0.3) is 11.0 Å². The zero-order valence-corrected chi connectivity index (χ0v) is 25.1. The van der Waals surface area contributed by atoms with Crippen molar-refractivity contribution in [3.63, 3.8) is 0 Å². The molecule has 7 nitrogen and oxygen atoms in total. The van der Waals surface area contributed by atoms with E-state index in [0.29, 0.717) is 24.0 Å². The Morgan fingerprint density at radius 2 is 1.95 bits per heavy atom. The van der Waals surface area contributed by atoms with Gasteiger partial charge in [-0.25, -0.2) is 14.2 Å². The van der Waals surface area contributed by atoms with Crippen molar-refractivity contribution in [3.8, 4) is 5.75 Å². The number of halogens is 2. The van der Waals surface area contributed by atoms with Crippen LogP contribution in [0.15, 0.2) is 60.7 Å². The number of benzene rings is 3. The van der Waals surface area contributed by atoms with E-state index in [4.69, 9.17) is 26.1 Å². The molecule has 0 radical (unpaired) electrons.